The highest BCUT2D eigenvalue weighted by atomic mass is 32.1. The van der Waals surface area contributed by atoms with Gasteiger partial charge in [-0.05, 0) is 30.5 Å². The summed E-state index contributed by atoms with van der Waals surface area (Å²) >= 11 is 1.31. The van der Waals surface area contributed by atoms with Crippen molar-refractivity contribution >= 4 is 27.2 Å². The Labute approximate surface area is 118 Å². The molecule has 102 valence electrons. The van der Waals surface area contributed by atoms with Crippen LogP contribution in [0.15, 0.2) is 30.6 Å². The van der Waals surface area contributed by atoms with E-state index in [2.05, 4.69) is 10.1 Å². The lowest BCUT2D eigenvalue weighted by molar-refractivity contribution is 0.0993. The number of aryl methyl sites for hydroxylation is 1. The van der Waals surface area contributed by atoms with E-state index in [0.717, 1.165) is 10.1 Å². The Hall–Kier alpha value is -2.08. The lowest BCUT2D eigenvalue weighted by Crippen LogP contribution is -2.09. The molecule has 0 radical (unpaired) electrons. The molecule has 0 fully saturated rings. The summed E-state index contributed by atoms with van der Waals surface area (Å²) in [4.78, 5) is 17.0. The van der Waals surface area contributed by atoms with Crippen molar-refractivity contribution < 1.29 is 9.18 Å². The van der Waals surface area contributed by atoms with Crippen LogP contribution in [0.1, 0.15) is 22.4 Å². The highest BCUT2D eigenvalue weighted by molar-refractivity contribution is 7.20. The molecule has 0 atom stereocenters. The van der Waals surface area contributed by atoms with Gasteiger partial charge in [-0.2, -0.15) is 5.10 Å². The van der Waals surface area contributed by atoms with Crippen LogP contribution in [0.4, 0.5) is 4.39 Å². The van der Waals surface area contributed by atoms with Crippen LogP contribution in [-0.2, 0) is 13.0 Å². The van der Waals surface area contributed by atoms with Crippen molar-refractivity contribution in [3.05, 3.63) is 47.1 Å². The zero-order valence-electron chi connectivity index (χ0n) is 10.8. The zero-order valence-corrected chi connectivity index (χ0v) is 11.7. The number of hydrogen-bond donors (Lipinski definition) is 0. The lowest BCUT2D eigenvalue weighted by Gasteiger charge is -2.00. The molecule has 0 aliphatic heterocycles. The Balaban J connectivity index is 1.89. The molecule has 4 nitrogen and oxygen atoms in total. The fourth-order valence-corrected chi connectivity index (χ4v) is 3.09. The van der Waals surface area contributed by atoms with Crippen LogP contribution in [-0.4, -0.2) is 20.5 Å². The molecule has 0 aliphatic rings. The SMILES string of the molecule is CCn1ncnc1CC(=O)c1cc2ccc(F)cc2s1. The summed E-state index contributed by atoms with van der Waals surface area (Å²) in [5, 5.41) is 4.93. The number of rotatable bonds is 4. The van der Waals surface area contributed by atoms with E-state index in [1.54, 1.807) is 16.8 Å². The maximum Gasteiger partial charge on any atom is 0.180 e. The van der Waals surface area contributed by atoms with Crippen LogP contribution in [0.3, 0.4) is 0 Å². The third kappa shape index (κ3) is 2.34. The van der Waals surface area contributed by atoms with Gasteiger partial charge in [-0.25, -0.2) is 14.1 Å². The molecule has 0 N–H and O–H groups in total. The number of fused-ring (bicyclic) bond motifs is 1. The molecule has 0 amide bonds. The second-order valence-electron chi connectivity index (χ2n) is 4.38. The number of aromatic nitrogens is 3. The van der Waals surface area contributed by atoms with Crippen molar-refractivity contribution in [1.29, 1.82) is 0 Å². The van der Waals surface area contributed by atoms with E-state index in [1.165, 1.54) is 29.8 Å². The molecule has 6 heteroatoms. The quantitative estimate of drug-likeness (QED) is 0.693. The molecular weight excluding hydrogens is 277 g/mol. The Morgan fingerprint density at radius 3 is 3.05 bits per heavy atom. The first-order valence-corrected chi connectivity index (χ1v) is 7.08. The molecule has 0 unspecified atom stereocenters. The summed E-state index contributed by atoms with van der Waals surface area (Å²) in [6.07, 6.45) is 1.66. The second-order valence-corrected chi connectivity index (χ2v) is 5.47. The zero-order chi connectivity index (χ0) is 14.1. The van der Waals surface area contributed by atoms with Gasteiger partial charge in [0.1, 0.15) is 18.0 Å². The van der Waals surface area contributed by atoms with E-state index in [1.807, 2.05) is 6.92 Å². The number of hydrogen-bond acceptors (Lipinski definition) is 4. The van der Waals surface area contributed by atoms with Gasteiger partial charge in [-0.3, -0.25) is 4.79 Å². The van der Waals surface area contributed by atoms with Crippen molar-refractivity contribution in [2.45, 2.75) is 19.9 Å². The van der Waals surface area contributed by atoms with Crippen molar-refractivity contribution in [2.24, 2.45) is 0 Å². The van der Waals surface area contributed by atoms with E-state index in [0.29, 0.717) is 17.2 Å². The maximum atomic E-state index is 13.2. The minimum Gasteiger partial charge on any atom is -0.293 e. The summed E-state index contributed by atoms with van der Waals surface area (Å²) < 4.78 is 15.6. The molecule has 0 saturated carbocycles. The van der Waals surface area contributed by atoms with Crippen molar-refractivity contribution in [2.75, 3.05) is 0 Å². The van der Waals surface area contributed by atoms with Crippen molar-refractivity contribution in [3.8, 4) is 0 Å². The van der Waals surface area contributed by atoms with Gasteiger partial charge in [0, 0.05) is 11.2 Å². The number of halogens is 1. The minimum atomic E-state index is -0.288. The van der Waals surface area contributed by atoms with Gasteiger partial charge >= 0.3 is 0 Å². The Morgan fingerprint density at radius 2 is 2.25 bits per heavy atom. The predicted molar refractivity (Wildman–Crippen MR) is 75.5 cm³/mol. The van der Waals surface area contributed by atoms with Crippen LogP contribution in [0.25, 0.3) is 10.1 Å². The fourth-order valence-electron chi connectivity index (χ4n) is 2.06. The van der Waals surface area contributed by atoms with Crippen LogP contribution in [0.2, 0.25) is 0 Å². The normalized spacial score (nSPS) is 11.1. The van der Waals surface area contributed by atoms with E-state index in [9.17, 15) is 9.18 Å². The second kappa shape index (κ2) is 5.13. The Kier molecular flexibility index (Phi) is 3.31. The standard InChI is InChI=1S/C14H12FN3OS/c1-2-18-14(16-8-17-18)7-11(19)13-5-9-3-4-10(15)6-12(9)20-13/h3-6,8H,2,7H2,1H3. The van der Waals surface area contributed by atoms with Gasteiger partial charge in [0.25, 0.3) is 0 Å². The van der Waals surface area contributed by atoms with Gasteiger partial charge in [-0.15, -0.1) is 11.3 Å². The van der Waals surface area contributed by atoms with Crippen molar-refractivity contribution in [3.63, 3.8) is 0 Å². The van der Waals surface area contributed by atoms with Gasteiger partial charge in [-0.1, -0.05) is 6.07 Å². The topological polar surface area (TPSA) is 47.8 Å². The molecule has 2 heterocycles. The monoisotopic (exact) mass is 289 g/mol. The molecule has 0 bridgehead atoms. The summed E-state index contributed by atoms with van der Waals surface area (Å²) in [5.74, 6) is 0.347. The summed E-state index contributed by atoms with van der Waals surface area (Å²) in [7, 11) is 0. The Bertz CT molecular complexity index is 778. The highest BCUT2D eigenvalue weighted by Crippen LogP contribution is 2.27. The van der Waals surface area contributed by atoms with Crippen LogP contribution in [0.5, 0.6) is 0 Å². The third-order valence-corrected chi connectivity index (χ3v) is 4.21. The molecule has 1 aromatic carbocycles. The number of Topliss-reactive ketones (excluding diaryl/α,β-unsaturated/α-hetero) is 1. The number of carbonyl (C=O) groups excluding carboxylic acids is 1. The predicted octanol–water partition coefficient (Wildman–Crippen LogP) is 3.08. The van der Waals surface area contributed by atoms with Crippen LogP contribution in [0, 0.1) is 5.82 Å². The summed E-state index contributed by atoms with van der Waals surface area (Å²) in [6, 6.07) is 6.34. The van der Waals surface area contributed by atoms with E-state index in [-0.39, 0.29) is 18.0 Å². The highest BCUT2D eigenvalue weighted by Gasteiger charge is 2.14. The molecule has 3 aromatic rings. The first kappa shape index (κ1) is 12.9. The molecule has 0 saturated heterocycles. The average Bonchev–Trinajstić information content (AvgIpc) is 3.04. The van der Waals surface area contributed by atoms with E-state index < -0.39 is 0 Å². The molecule has 2 aromatic heterocycles. The Morgan fingerprint density at radius 1 is 1.40 bits per heavy atom. The number of nitrogens with zero attached hydrogens (tertiary/aromatic N) is 3. The van der Waals surface area contributed by atoms with Crippen LogP contribution < -0.4 is 0 Å². The maximum absolute atomic E-state index is 13.2. The number of benzene rings is 1. The molecular formula is C14H12FN3OS. The minimum absolute atomic E-state index is 0.0192. The smallest absolute Gasteiger partial charge is 0.180 e. The van der Waals surface area contributed by atoms with Crippen molar-refractivity contribution in [1.82, 2.24) is 14.8 Å². The number of ketones is 1. The van der Waals surface area contributed by atoms with Gasteiger partial charge in [0.05, 0.1) is 11.3 Å². The molecule has 20 heavy (non-hydrogen) atoms. The molecule has 0 aliphatic carbocycles. The summed E-state index contributed by atoms with van der Waals surface area (Å²) in [6.45, 7) is 2.63. The van der Waals surface area contributed by atoms with Gasteiger partial charge in [0.2, 0.25) is 0 Å². The number of thiophene rings is 1. The van der Waals surface area contributed by atoms with Crippen LogP contribution >= 0.6 is 11.3 Å². The largest absolute Gasteiger partial charge is 0.293 e. The average molecular weight is 289 g/mol. The number of carbonyl (C=O) groups is 1. The van der Waals surface area contributed by atoms with Gasteiger partial charge < -0.3 is 0 Å². The lowest BCUT2D eigenvalue weighted by atomic mass is 10.2. The van der Waals surface area contributed by atoms with E-state index >= 15 is 0 Å². The first-order valence-electron chi connectivity index (χ1n) is 6.26. The molecule has 0 spiro atoms. The first-order chi connectivity index (χ1) is 9.67. The third-order valence-electron chi connectivity index (χ3n) is 3.07. The fraction of sp³-hybridized carbons (Fsp3) is 0.214. The van der Waals surface area contributed by atoms with Gasteiger partial charge in [0.15, 0.2) is 5.78 Å². The van der Waals surface area contributed by atoms with E-state index in [4.69, 9.17) is 0 Å². The summed E-state index contributed by atoms with van der Waals surface area (Å²) in [5.41, 5.74) is 0. The molecule has 3 rings (SSSR count).